The summed E-state index contributed by atoms with van der Waals surface area (Å²) in [6.07, 6.45) is 2.89. The lowest BCUT2D eigenvalue weighted by atomic mass is 10.00. The summed E-state index contributed by atoms with van der Waals surface area (Å²) in [5.74, 6) is 1.16. The Bertz CT molecular complexity index is 916. The zero-order valence-electron chi connectivity index (χ0n) is 15.8. The van der Waals surface area contributed by atoms with E-state index in [0.29, 0.717) is 36.0 Å². The van der Waals surface area contributed by atoms with E-state index in [9.17, 15) is 9.18 Å². The molecule has 0 saturated heterocycles. The van der Waals surface area contributed by atoms with Crippen molar-refractivity contribution in [2.75, 3.05) is 7.11 Å². The lowest BCUT2D eigenvalue weighted by Gasteiger charge is -2.10. The molecule has 2 aromatic carbocycles. The van der Waals surface area contributed by atoms with Crippen molar-refractivity contribution >= 4 is 17.8 Å². The molecule has 0 radical (unpaired) electrons. The van der Waals surface area contributed by atoms with Crippen LogP contribution in [0.2, 0.25) is 0 Å². The third-order valence-electron chi connectivity index (χ3n) is 4.50. The number of ether oxygens (including phenoxy) is 1. The maximum absolute atomic E-state index is 13.3. The number of amides is 1. The predicted octanol–water partition coefficient (Wildman–Crippen LogP) is 4.46. The molecule has 1 heterocycles. The Balaban J connectivity index is 1.80. The average Bonchev–Trinajstić information content (AvgIpc) is 2.99. The highest BCUT2D eigenvalue weighted by Crippen LogP contribution is 2.27. The number of halogens is 1. The number of aliphatic imine (C=N–C) groups is 1. The Morgan fingerprint density at radius 1 is 1.19 bits per heavy atom. The maximum atomic E-state index is 13.3. The summed E-state index contributed by atoms with van der Waals surface area (Å²) in [5, 5.41) is 2.79. The first-order valence-corrected chi connectivity index (χ1v) is 8.99. The second-order valence-electron chi connectivity index (χ2n) is 6.83. The summed E-state index contributed by atoms with van der Waals surface area (Å²) in [4.78, 5) is 16.7. The number of benzene rings is 2. The number of hydrogen-bond acceptors (Lipinski definition) is 3. The van der Waals surface area contributed by atoms with Gasteiger partial charge in [0.15, 0.2) is 0 Å². The molecule has 27 heavy (non-hydrogen) atoms. The normalized spacial score (nSPS) is 15.2. The van der Waals surface area contributed by atoms with Crippen molar-refractivity contribution < 1.29 is 13.9 Å². The largest absolute Gasteiger partial charge is 0.496 e. The second kappa shape index (κ2) is 8.16. The molecule has 1 aliphatic rings. The van der Waals surface area contributed by atoms with Crippen molar-refractivity contribution in [3.05, 3.63) is 70.7 Å². The van der Waals surface area contributed by atoms with E-state index in [1.165, 1.54) is 12.1 Å². The molecule has 0 spiro atoms. The molecule has 0 unspecified atom stereocenters. The van der Waals surface area contributed by atoms with Crippen LogP contribution in [-0.4, -0.2) is 18.9 Å². The monoisotopic (exact) mass is 366 g/mol. The van der Waals surface area contributed by atoms with Gasteiger partial charge >= 0.3 is 0 Å². The number of carbonyl (C=O) groups excluding carboxylic acids is 1. The number of nitrogens with one attached hydrogen (secondary N) is 1. The Morgan fingerprint density at radius 3 is 2.70 bits per heavy atom. The van der Waals surface area contributed by atoms with Gasteiger partial charge in [-0.3, -0.25) is 4.79 Å². The molecule has 0 aliphatic carbocycles. The van der Waals surface area contributed by atoms with E-state index in [4.69, 9.17) is 4.74 Å². The minimum atomic E-state index is -0.261. The van der Waals surface area contributed by atoms with Crippen LogP contribution in [0.5, 0.6) is 5.75 Å². The number of hydrogen-bond donors (Lipinski definition) is 1. The quantitative estimate of drug-likeness (QED) is 0.768. The predicted molar refractivity (Wildman–Crippen MR) is 105 cm³/mol. The van der Waals surface area contributed by atoms with Crippen LogP contribution < -0.4 is 10.1 Å². The third-order valence-corrected chi connectivity index (χ3v) is 4.50. The SMILES string of the molecule is COc1ccc(C(C)C)cc1/C=C1\N=C(CCc2cccc(F)c2)NC1=O. The first kappa shape index (κ1) is 18.8. The fraction of sp³-hybridized carbons (Fsp3) is 0.273. The summed E-state index contributed by atoms with van der Waals surface area (Å²) in [6, 6.07) is 12.4. The molecule has 0 aromatic heterocycles. The van der Waals surface area contributed by atoms with Crippen LogP contribution in [0.15, 0.2) is 53.2 Å². The van der Waals surface area contributed by atoms with Crippen molar-refractivity contribution in [3.63, 3.8) is 0 Å². The van der Waals surface area contributed by atoms with E-state index in [1.807, 2.05) is 24.3 Å². The van der Waals surface area contributed by atoms with Gasteiger partial charge in [-0.15, -0.1) is 0 Å². The summed E-state index contributed by atoms with van der Waals surface area (Å²) in [7, 11) is 1.61. The highest BCUT2D eigenvalue weighted by Gasteiger charge is 2.20. The maximum Gasteiger partial charge on any atom is 0.275 e. The Kier molecular flexibility index (Phi) is 5.69. The molecule has 0 bridgehead atoms. The zero-order valence-corrected chi connectivity index (χ0v) is 15.8. The van der Waals surface area contributed by atoms with Crippen molar-refractivity contribution in [2.24, 2.45) is 4.99 Å². The number of amidine groups is 1. The van der Waals surface area contributed by atoms with Gasteiger partial charge in [-0.25, -0.2) is 9.38 Å². The summed E-state index contributed by atoms with van der Waals surface area (Å²) in [5.41, 5.74) is 3.21. The van der Waals surface area contributed by atoms with Crippen molar-refractivity contribution in [1.29, 1.82) is 0 Å². The molecule has 2 aromatic rings. The Morgan fingerprint density at radius 2 is 2.00 bits per heavy atom. The van der Waals surface area contributed by atoms with Crippen LogP contribution in [-0.2, 0) is 11.2 Å². The van der Waals surface area contributed by atoms with Crippen molar-refractivity contribution in [2.45, 2.75) is 32.6 Å². The van der Waals surface area contributed by atoms with Gasteiger partial charge in [0, 0.05) is 12.0 Å². The number of aryl methyl sites for hydroxylation is 1. The Labute approximate surface area is 158 Å². The zero-order chi connectivity index (χ0) is 19.4. The average molecular weight is 366 g/mol. The first-order chi connectivity index (χ1) is 13.0. The van der Waals surface area contributed by atoms with Crippen LogP contribution in [0.4, 0.5) is 4.39 Å². The van der Waals surface area contributed by atoms with Gasteiger partial charge in [-0.05, 0) is 53.8 Å². The van der Waals surface area contributed by atoms with Gasteiger partial charge in [-0.1, -0.05) is 32.0 Å². The van der Waals surface area contributed by atoms with Gasteiger partial charge in [-0.2, -0.15) is 0 Å². The van der Waals surface area contributed by atoms with Gasteiger partial charge in [0.05, 0.1) is 7.11 Å². The van der Waals surface area contributed by atoms with Crippen LogP contribution in [0.25, 0.3) is 6.08 Å². The molecular weight excluding hydrogens is 343 g/mol. The lowest BCUT2D eigenvalue weighted by Crippen LogP contribution is -2.24. The smallest absolute Gasteiger partial charge is 0.275 e. The van der Waals surface area contributed by atoms with Gasteiger partial charge in [0.25, 0.3) is 5.91 Å². The molecule has 0 fully saturated rings. The molecule has 4 nitrogen and oxygen atoms in total. The third kappa shape index (κ3) is 4.61. The van der Waals surface area contributed by atoms with E-state index in [-0.39, 0.29) is 11.7 Å². The number of nitrogens with zero attached hydrogens (tertiary/aromatic N) is 1. The molecule has 5 heteroatoms. The van der Waals surface area contributed by atoms with Crippen LogP contribution in [0.3, 0.4) is 0 Å². The highest BCUT2D eigenvalue weighted by molar-refractivity contribution is 6.14. The van der Waals surface area contributed by atoms with E-state index < -0.39 is 0 Å². The van der Waals surface area contributed by atoms with Crippen LogP contribution in [0, 0.1) is 5.82 Å². The van der Waals surface area contributed by atoms with E-state index in [1.54, 1.807) is 19.3 Å². The molecular formula is C22H23FN2O2. The standard InChI is InChI=1S/C22H23FN2O2/c1-14(2)16-8-9-20(27-3)17(12-16)13-19-22(26)25-21(24-19)10-7-15-5-4-6-18(23)11-15/h4-6,8-9,11-14H,7,10H2,1-3H3,(H,24,25,26)/b19-13-. The van der Waals surface area contributed by atoms with Crippen molar-refractivity contribution in [1.82, 2.24) is 5.32 Å². The highest BCUT2D eigenvalue weighted by atomic mass is 19.1. The molecule has 0 saturated carbocycles. The molecule has 0 atom stereocenters. The van der Waals surface area contributed by atoms with Gasteiger partial charge in [0.1, 0.15) is 23.1 Å². The minimum Gasteiger partial charge on any atom is -0.496 e. The molecule has 1 amide bonds. The number of methoxy groups -OCH3 is 1. The molecule has 3 rings (SSSR count). The van der Waals surface area contributed by atoms with Crippen molar-refractivity contribution in [3.8, 4) is 5.75 Å². The van der Waals surface area contributed by atoms with E-state index >= 15 is 0 Å². The molecule has 1 aliphatic heterocycles. The first-order valence-electron chi connectivity index (χ1n) is 8.99. The lowest BCUT2D eigenvalue weighted by molar-refractivity contribution is -0.115. The van der Waals surface area contributed by atoms with Crippen LogP contribution >= 0.6 is 0 Å². The topological polar surface area (TPSA) is 50.7 Å². The summed E-state index contributed by atoms with van der Waals surface area (Å²) in [6.45, 7) is 4.23. The fourth-order valence-corrected chi connectivity index (χ4v) is 2.96. The number of rotatable bonds is 6. The summed E-state index contributed by atoms with van der Waals surface area (Å²) < 4.78 is 18.7. The Hall–Kier alpha value is -2.95. The van der Waals surface area contributed by atoms with Gasteiger partial charge in [0.2, 0.25) is 0 Å². The second-order valence-corrected chi connectivity index (χ2v) is 6.83. The van der Waals surface area contributed by atoms with E-state index in [0.717, 1.165) is 16.7 Å². The van der Waals surface area contributed by atoms with E-state index in [2.05, 4.69) is 24.2 Å². The minimum absolute atomic E-state index is 0.235. The van der Waals surface area contributed by atoms with Crippen LogP contribution in [0.1, 0.15) is 42.9 Å². The summed E-state index contributed by atoms with van der Waals surface area (Å²) >= 11 is 0. The fourth-order valence-electron chi connectivity index (χ4n) is 2.96. The number of carbonyl (C=O) groups is 1. The molecule has 1 N–H and O–H groups in total. The molecule has 140 valence electrons. The van der Waals surface area contributed by atoms with Gasteiger partial charge < -0.3 is 10.1 Å².